The quantitative estimate of drug-likeness (QED) is 0.0150. The minimum atomic E-state index is -1.67. The molecule has 736 valence electrons. The number of carbonyl (C=O) groups is 19. The zero-order valence-corrected chi connectivity index (χ0v) is 78.8. The second kappa shape index (κ2) is 53.4. The molecule has 7 fully saturated rings. The van der Waals surface area contributed by atoms with E-state index in [9.17, 15) is 91.1 Å². The van der Waals surface area contributed by atoms with Crippen LogP contribution in [0.25, 0.3) is 0 Å². The summed E-state index contributed by atoms with van der Waals surface area (Å²) in [7, 11) is 1.60. The lowest BCUT2D eigenvalue weighted by Gasteiger charge is -2.40. The van der Waals surface area contributed by atoms with Gasteiger partial charge in [-0.1, -0.05) is 66.3 Å². The topological polar surface area (TPSA) is 485 Å². The summed E-state index contributed by atoms with van der Waals surface area (Å²) in [6.07, 6.45) is 2.96. The zero-order chi connectivity index (χ0) is 97.8. The highest BCUT2D eigenvalue weighted by atomic mass is 16.6. The minimum absolute atomic E-state index is 0.000540. The Morgan fingerprint density at radius 2 is 0.894 bits per heavy atom. The number of epoxide rings is 1. The fourth-order valence-electron chi connectivity index (χ4n) is 17.4. The molecule has 0 bridgehead atoms. The molecule has 7 heterocycles. The van der Waals surface area contributed by atoms with Crippen LogP contribution >= 0.6 is 0 Å². The molecule has 38 nitrogen and oxygen atoms in total. The van der Waals surface area contributed by atoms with Crippen molar-refractivity contribution in [3.8, 4) is 5.75 Å². The molecule has 0 spiro atoms. The highest BCUT2D eigenvalue weighted by molar-refractivity contribution is 6.02. The van der Waals surface area contributed by atoms with Crippen LogP contribution in [0.3, 0.4) is 0 Å². The molecule has 7 aliphatic rings. The summed E-state index contributed by atoms with van der Waals surface area (Å²) in [6, 6.07) is 7.18. The molecule has 3 amide bonds. The molecule has 132 heavy (non-hydrogen) atoms. The van der Waals surface area contributed by atoms with Crippen LogP contribution in [0.4, 0.5) is 0 Å². The fourth-order valence-corrected chi connectivity index (χ4v) is 17.4. The average molecular weight is 1870 g/mol. The number of hydrogen-bond donors (Lipinski definition) is 0. The van der Waals surface area contributed by atoms with Crippen LogP contribution in [0.1, 0.15) is 218 Å². The van der Waals surface area contributed by atoms with Crippen LogP contribution in [0.5, 0.6) is 5.75 Å². The number of ether oxygens (including phenoxy) is 16. The molecule has 0 saturated carbocycles. The fraction of sp³-hybridized carbons (Fsp3) is 0.713. The van der Waals surface area contributed by atoms with E-state index >= 15 is 0 Å². The first kappa shape index (κ1) is 110. The van der Waals surface area contributed by atoms with Gasteiger partial charge in [0, 0.05) is 69.5 Å². The van der Waals surface area contributed by atoms with E-state index in [4.69, 9.17) is 75.8 Å². The average Bonchev–Trinajstić information content (AvgIpc) is 1.59. The summed E-state index contributed by atoms with van der Waals surface area (Å²) in [5, 5.41) is 0. The van der Waals surface area contributed by atoms with Gasteiger partial charge in [-0.15, -0.1) is 0 Å². The lowest BCUT2D eigenvalue weighted by atomic mass is 9.64. The van der Waals surface area contributed by atoms with Gasteiger partial charge < -0.3 is 90.5 Å². The van der Waals surface area contributed by atoms with E-state index in [-0.39, 0.29) is 120 Å². The Kier molecular flexibility index (Phi) is 44.6. The second-order valence-corrected chi connectivity index (χ2v) is 35.4. The number of esters is 13. The Morgan fingerprint density at radius 1 is 0.470 bits per heavy atom. The van der Waals surface area contributed by atoms with E-state index < -0.39 is 190 Å². The van der Waals surface area contributed by atoms with Gasteiger partial charge in [0.25, 0.3) is 0 Å². The third kappa shape index (κ3) is 32.2. The van der Waals surface area contributed by atoms with Gasteiger partial charge in [-0.25, -0.2) is 0 Å². The number of hydrogen-bond acceptors (Lipinski definition) is 35. The summed E-state index contributed by atoms with van der Waals surface area (Å²) < 4.78 is 85.1. The smallest absolute Gasteiger partial charge is 0.319 e. The summed E-state index contributed by atoms with van der Waals surface area (Å²) in [5.41, 5.74) is -5.01. The molecule has 7 saturated heterocycles. The van der Waals surface area contributed by atoms with Gasteiger partial charge in [0.1, 0.15) is 107 Å². The maximum Gasteiger partial charge on any atom is 0.319 e. The minimum Gasteiger partial charge on any atom is -0.496 e. The molecule has 0 N–H and O–H groups in total. The second-order valence-electron chi connectivity index (χ2n) is 35.4. The predicted molar refractivity (Wildman–Crippen MR) is 461 cm³/mol. The maximum absolute atomic E-state index is 14.0. The first-order valence-electron chi connectivity index (χ1n) is 45.7. The molecule has 38 heteroatoms. The van der Waals surface area contributed by atoms with Gasteiger partial charge in [0.15, 0.2) is 0 Å². The highest BCUT2D eigenvalue weighted by Crippen LogP contribution is 2.51. The SMILES string of the molecule is C=C(OCCOCCOCCOC)C(C)(CC)CCC(C)(C(=O)OCCOC(=O)CC(C)=O)C1C(=O)OC(=O)C1C(CC)N1CCCC1=O.CCC(C1C(=O)OC(=O)C1CC(CC(C)(C)C(=O)OCC1CO1)OC(=O)CC(C)=O)N1CCCC1=O.CCC(CCC(C)(C(=O)OCCOC(=O)CC(C)=O)C1C(=O)OC(=O)C1C(CC)N1CCCC1=O)C(=O)OCCOc1ccccc1. The van der Waals surface area contributed by atoms with E-state index in [0.29, 0.717) is 148 Å². The van der Waals surface area contributed by atoms with E-state index in [2.05, 4.69) is 6.58 Å². The Morgan fingerprint density at radius 3 is 1.33 bits per heavy atom. The van der Waals surface area contributed by atoms with Crippen LogP contribution in [0.2, 0.25) is 0 Å². The summed E-state index contributed by atoms with van der Waals surface area (Å²) in [5.74, 6) is -17.6. The third-order valence-electron chi connectivity index (χ3n) is 25.1. The number of carbonyl (C=O) groups excluding carboxylic acids is 19. The van der Waals surface area contributed by atoms with Gasteiger partial charge in [0.2, 0.25) is 17.7 Å². The van der Waals surface area contributed by atoms with Gasteiger partial charge >= 0.3 is 77.6 Å². The highest BCUT2D eigenvalue weighted by Gasteiger charge is 2.63. The molecule has 0 aliphatic carbocycles. The van der Waals surface area contributed by atoms with Crippen molar-refractivity contribution in [3.63, 3.8) is 0 Å². The molecule has 0 aromatic heterocycles. The van der Waals surface area contributed by atoms with Gasteiger partial charge in [0.05, 0.1) is 103 Å². The Hall–Kier alpha value is -10.5. The van der Waals surface area contributed by atoms with Crippen LogP contribution in [-0.2, 0) is 162 Å². The normalized spacial score (nSPS) is 21.8. The Bertz CT molecular complexity index is 4200. The molecule has 8 rings (SSSR count). The van der Waals surface area contributed by atoms with Crippen molar-refractivity contribution in [1.82, 2.24) is 14.7 Å². The van der Waals surface area contributed by atoms with Gasteiger partial charge in [-0.2, -0.15) is 0 Å². The lowest BCUT2D eigenvalue weighted by Crippen LogP contribution is -2.51. The number of allylic oxidation sites excluding steroid dienone is 1. The number of para-hydroxylation sites is 1. The number of methoxy groups -OCH3 is 1. The van der Waals surface area contributed by atoms with Crippen molar-refractivity contribution < 1.29 is 167 Å². The summed E-state index contributed by atoms with van der Waals surface area (Å²) >= 11 is 0. The number of nitrogens with zero attached hydrogens (tertiary/aromatic N) is 3. The molecular formula is C94H135N3O35. The van der Waals surface area contributed by atoms with E-state index in [1.165, 1.54) is 27.7 Å². The van der Waals surface area contributed by atoms with E-state index in [0.717, 1.165) is 0 Å². The molecule has 1 aromatic carbocycles. The van der Waals surface area contributed by atoms with Crippen LogP contribution in [0, 0.1) is 63.1 Å². The molecule has 7 aliphatic heterocycles. The zero-order valence-electron chi connectivity index (χ0n) is 78.8. The van der Waals surface area contributed by atoms with Crippen molar-refractivity contribution in [1.29, 1.82) is 0 Å². The van der Waals surface area contributed by atoms with Gasteiger partial charge in [-0.3, -0.25) is 91.1 Å². The number of amides is 3. The molecule has 15 atom stereocenters. The number of likely N-dealkylation sites (tertiary alicyclic amines) is 3. The first-order chi connectivity index (χ1) is 62.6. The van der Waals surface area contributed by atoms with Crippen molar-refractivity contribution in [2.45, 2.75) is 249 Å². The van der Waals surface area contributed by atoms with Crippen molar-refractivity contribution in [3.05, 3.63) is 42.7 Å². The number of Topliss-reactive ketones (excluding diaryl/α,β-unsaturated/α-hetero) is 3. The molecule has 0 radical (unpaired) electrons. The monoisotopic (exact) mass is 1870 g/mol. The van der Waals surface area contributed by atoms with Crippen molar-refractivity contribution >= 4 is 113 Å². The number of ketones is 3. The number of cyclic esters (lactones) is 6. The summed E-state index contributed by atoms with van der Waals surface area (Å²) in [4.78, 5) is 245. The van der Waals surface area contributed by atoms with Crippen LogP contribution in [-0.4, -0.2) is 277 Å². The molecule has 15 unspecified atom stereocenters. The molecular weight excluding hydrogens is 1730 g/mol. The first-order valence-corrected chi connectivity index (χ1v) is 45.7. The lowest BCUT2D eigenvalue weighted by molar-refractivity contribution is -0.169. The molecule has 1 aromatic rings. The Balaban J connectivity index is 0.000000308. The van der Waals surface area contributed by atoms with E-state index in [1.54, 1.807) is 68.6 Å². The van der Waals surface area contributed by atoms with Crippen molar-refractivity contribution in [2.24, 2.45) is 63.1 Å². The Labute approximate surface area is 770 Å². The van der Waals surface area contributed by atoms with Crippen LogP contribution < -0.4 is 4.74 Å². The van der Waals surface area contributed by atoms with Gasteiger partial charge in [-0.05, 0) is 150 Å². The van der Waals surface area contributed by atoms with Crippen molar-refractivity contribution in [2.75, 3.05) is 119 Å². The number of benzene rings is 1. The van der Waals surface area contributed by atoms with Crippen LogP contribution in [0.15, 0.2) is 42.7 Å². The third-order valence-corrected chi connectivity index (χ3v) is 25.1. The number of rotatable bonds is 57. The standard InChI is InChI=1S/C35H55NO13.C34H45NO12.C25H35NO10/c1-8-26(36-14-10-11-27(36)38)29-30(32(41)49-31(29)40)35(6,33(42)48-22-21-47-28(39)23-24(3)37)13-12-34(5,9-2)25(4)46-20-19-45-18-17-44-16-15-43-7;1-5-23(30(39)45-19-17-43-24-11-8-7-9-12-24)14-15-34(4,33(42)46-20-18-44-27(38)21-22(3)36)29-28(31(40)47-32(29)41)25(6-2)35-16-10-13-26(35)37;1-5-18(26-8-6-7-19(26)28)21-17(22(30)36-23(21)31)10-15(35-20(29)9-14(2)27)11-25(3,4)24(32)34-13-16-12-33-16/h26,29-30H,4,8-23H2,1-3,5-7H3;7-9,11-12,23,25,28-29H,5-6,10,13-21H2,1-4H3;15-18,21H,5-13H2,1-4H3. The predicted octanol–water partition coefficient (Wildman–Crippen LogP) is 7.73. The van der Waals surface area contributed by atoms with E-state index in [1.807, 2.05) is 45.9 Å². The summed E-state index contributed by atoms with van der Waals surface area (Å²) in [6.45, 7) is 28.4. The largest absolute Gasteiger partial charge is 0.496 e. The maximum atomic E-state index is 14.0.